The smallest absolute Gasteiger partial charge is 0.319 e. The Hall–Kier alpha value is -2.77. The molecule has 0 aromatic heterocycles. The molecule has 3 amide bonds. The molecule has 0 fully saturated rings. The molecule has 0 unspecified atom stereocenters. The minimum absolute atomic E-state index is 0.0522. The van der Waals surface area contributed by atoms with Crippen LogP contribution in [0.3, 0.4) is 0 Å². The van der Waals surface area contributed by atoms with Crippen LogP contribution in [-0.4, -0.2) is 54.7 Å². The first-order valence-corrected chi connectivity index (χ1v) is 7.76. The monoisotopic (exact) mass is 351 g/mol. The number of benzene rings is 1. The fourth-order valence-electron chi connectivity index (χ4n) is 2.14. The van der Waals surface area contributed by atoms with Crippen LogP contribution < -0.4 is 15.4 Å². The van der Waals surface area contributed by atoms with E-state index in [1.807, 2.05) is 0 Å². The first-order valence-electron chi connectivity index (χ1n) is 7.76. The predicted octanol–water partition coefficient (Wildman–Crippen LogP) is 2.16. The lowest BCUT2D eigenvalue weighted by Gasteiger charge is -2.26. The van der Waals surface area contributed by atoms with Gasteiger partial charge in [0, 0.05) is 31.6 Å². The fourth-order valence-corrected chi connectivity index (χ4v) is 2.14. The van der Waals surface area contributed by atoms with E-state index in [-0.39, 0.29) is 18.7 Å². The van der Waals surface area contributed by atoms with Crippen LogP contribution in [0.4, 0.5) is 10.5 Å². The van der Waals surface area contributed by atoms with Crippen molar-refractivity contribution in [3.63, 3.8) is 0 Å². The lowest BCUT2D eigenvalue weighted by Crippen LogP contribution is -2.45. The summed E-state index contributed by atoms with van der Waals surface area (Å²) in [6.45, 7) is 3.47. The number of anilines is 1. The summed E-state index contributed by atoms with van der Waals surface area (Å²) < 4.78 is 5.21. The Kier molecular flexibility index (Phi) is 6.78. The minimum atomic E-state index is -0.924. The van der Waals surface area contributed by atoms with Crippen molar-refractivity contribution in [2.24, 2.45) is 0 Å². The van der Waals surface area contributed by atoms with Crippen molar-refractivity contribution in [3.8, 4) is 5.75 Å². The van der Waals surface area contributed by atoms with Crippen LogP contribution >= 0.6 is 0 Å². The molecule has 0 spiro atoms. The van der Waals surface area contributed by atoms with Gasteiger partial charge >= 0.3 is 12.0 Å². The lowest BCUT2D eigenvalue weighted by molar-refractivity contribution is -0.137. The number of amides is 3. The number of carbonyl (C=O) groups is 3. The summed E-state index contributed by atoms with van der Waals surface area (Å²) in [5.41, 5.74) is 0.0558. The number of aliphatic carboxylic acids is 1. The molecule has 3 N–H and O–H groups in total. The Balaban J connectivity index is 2.89. The molecule has 0 heterocycles. The zero-order valence-corrected chi connectivity index (χ0v) is 15.2. The molecule has 1 aromatic carbocycles. The van der Waals surface area contributed by atoms with Gasteiger partial charge in [0.15, 0.2) is 0 Å². The molecule has 25 heavy (non-hydrogen) atoms. The summed E-state index contributed by atoms with van der Waals surface area (Å²) in [7, 11) is 4.73. The molecule has 0 aliphatic carbocycles. The van der Waals surface area contributed by atoms with Crippen molar-refractivity contribution in [3.05, 3.63) is 23.8 Å². The Labute approximate surface area is 147 Å². The van der Waals surface area contributed by atoms with Gasteiger partial charge in [0.25, 0.3) is 5.91 Å². The summed E-state index contributed by atoms with van der Waals surface area (Å²) >= 11 is 0. The van der Waals surface area contributed by atoms with Crippen molar-refractivity contribution in [2.45, 2.75) is 32.2 Å². The number of ether oxygens (including phenoxy) is 1. The number of urea groups is 1. The number of rotatable bonds is 7. The third-order valence-corrected chi connectivity index (χ3v) is 3.52. The number of methoxy groups -OCH3 is 1. The van der Waals surface area contributed by atoms with Gasteiger partial charge in [-0.05, 0) is 38.5 Å². The molecule has 0 bridgehead atoms. The van der Waals surface area contributed by atoms with Gasteiger partial charge in [0.2, 0.25) is 0 Å². The summed E-state index contributed by atoms with van der Waals surface area (Å²) in [6, 6.07) is 4.23. The van der Waals surface area contributed by atoms with Crippen LogP contribution in [0.2, 0.25) is 0 Å². The average Bonchev–Trinajstić information content (AvgIpc) is 2.51. The van der Waals surface area contributed by atoms with Crippen LogP contribution in [0.5, 0.6) is 5.75 Å². The van der Waals surface area contributed by atoms with E-state index in [9.17, 15) is 14.4 Å². The van der Waals surface area contributed by atoms with E-state index >= 15 is 0 Å². The summed E-state index contributed by atoms with van der Waals surface area (Å²) in [5.74, 6) is -0.714. The first-order chi connectivity index (χ1) is 11.6. The zero-order chi connectivity index (χ0) is 19.2. The lowest BCUT2D eigenvalue weighted by atomic mass is 9.99. The molecular formula is C17H25N3O5. The second-order valence-corrected chi connectivity index (χ2v) is 6.47. The molecule has 0 aliphatic rings. The molecule has 0 saturated carbocycles. The van der Waals surface area contributed by atoms with Gasteiger partial charge in [-0.25, -0.2) is 4.79 Å². The van der Waals surface area contributed by atoms with E-state index in [1.165, 1.54) is 18.1 Å². The zero-order valence-electron chi connectivity index (χ0n) is 15.2. The largest absolute Gasteiger partial charge is 0.495 e. The molecule has 0 radical (unpaired) electrons. The number of carbonyl (C=O) groups excluding carboxylic acids is 2. The van der Waals surface area contributed by atoms with E-state index in [4.69, 9.17) is 9.84 Å². The molecule has 0 atom stereocenters. The summed E-state index contributed by atoms with van der Waals surface area (Å²) in [5, 5.41) is 14.1. The van der Waals surface area contributed by atoms with Crippen LogP contribution in [0, 0.1) is 0 Å². The van der Waals surface area contributed by atoms with Crippen molar-refractivity contribution in [2.75, 3.05) is 26.5 Å². The first kappa shape index (κ1) is 20.3. The molecule has 1 aromatic rings. The SMILES string of the molecule is COc1ccc(C(=O)N(C)C)cc1NC(=O)NC(C)(C)CCC(=O)O. The average molecular weight is 351 g/mol. The number of hydrogen-bond acceptors (Lipinski definition) is 4. The maximum atomic E-state index is 12.2. The normalized spacial score (nSPS) is 10.8. The summed E-state index contributed by atoms with van der Waals surface area (Å²) in [4.78, 5) is 36.4. The maximum absolute atomic E-state index is 12.2. The Morgan fingerprint density at radius 3 is 2.40 bits per heavy atom. The molecular weight excluding hydrogens is 326 g/mol. The van der Waals surface area contributed by atoms with Crippen molar-refractivity contribution >= 4 is 23.6 Å². The Bertz CT molecular complexity index is 656. The topological polar surface area (TPSA) is 108 Å². The highest BCUT2D eigenvalue weighted by Gasteiger charge is 2.22. The third kappa shape index (κ3) is 6.33. The van der Waals surface area contributed by atoms with Crippen molar-refractivity contribution < 1.29 is 24.2 Å². The maximum Gasteiger partial charge on any atom is 0.319 e. The molecule has 138 valence electrons. The fraction of sp³-hybridized carbons (Fsp3) is 0.471. The van der Waals surface area contributed by atoms with Crippen molar-refractivity contribution in [1.82, 2.24) is 10.2 Å². The van der Waals surface area contributed by atoms with Gasteiger partial charge < -0.3 is 25.4 Å². The van der Waals surface area contributed by atoms with Crippen molar-refractivity contribution in [1.29, 1.82) is 0 Å². The third-order valence-electron chi connectivity index (χ3n) is 3.52. The van der Waals surface area contributed by atoms with Gasteiger partial charge in [0.1, 0.15) is 5.75 Å². The van der Waals surface area contributed by atoms with Crippen LogP contribution in [-0.2, 0) is 4.79 Å². The highest BCUT2D eigenvalue weighted by atomic mass is 16.5. The van der Waals surface area contributed by atoms with E-state index < -0.39 is 17.5 Å². The number of carboxylic acids is 1. The number of nitrogens with one attached hydrogen (secondary N) is 2. The number of carboxylic acid groups (broad SMARTS) is 1. The number of nitrogens with zero attached hydrogens (tertiary/aromatic N) is 1. The van der Waals surface area contributed by atoms with E-state index in [0.29, 0.717) is 17.0 Å². The Morgan fingerprint density at radius 2 is 1.88 bits per heavy atom. The van der Waals surface area contributed by atoms with Gasteiger partial charge in [0.05, 0.1) is 12.8 Å². The molecule has 0 aliphatic heterocycles. The number of hydrogen-bond donors (Lipinski definition) is 3. The summed E-state index contributed by atoms with van der Waals surface area (Å²) in [6.07, 6.45) is 0.232. The van der Waals surface area contributed by atoms with Gasteiger partial charge in [-0.3, -0.25) is 9.59 Å². The van der Waals surface area contributed by atoms with Gasteiger partial charge in [-0.1, -0.05) is 0 Å². The predicted molar refractivity (Wildman–Crippen MR) is 94.1 cm³/mol. The van der Waals surface area contributed by atoms with E-state index in [2.05, 4.69) is 10.6 Å². The van der Waals surface area contributed by atoms with E-state index in [1.54, 1.807) is 40.1 Å². The molecule has 8 heteroatoms. The van der Waals surface area contributed by atoms with E-state index in [0.717, 1.165) is 0 Å². The Morgan fingerprint density at radius 1 is 1.24 bits per heavy atom. The second kappa shape index (κ2) is 8.36. The van der Waals surface area contributed by atoms with Gasteiger partial charge in [-0.15, -0.1) is 0 Å². The minimum Gasteiger partial charge on any atom is -0.495 e. The molecule has 1 rings (SSSR count). The van der Waals surface area contributed by atoms with Crippen LogP contribution in [0.15, 0.2) is 18.2 Å². The molecule has 0 saturated heterocycles. The molecule has 8 nitrogen and oxygen atoms in total. The van der Waals surface area contributed by atoms with Crippen LogP contribution in [0.25, 0.3) is 0 Å². The second-order valence-electron chi connectivity index (χ2n) is 6.47. The standard InChI is InChI=1S/C17H25N3O5/c1-17(2,9-8-14(21)22)19-16(24)18-12-10-11(15(23)20(3)4)6-7-13(12)25-5/h6-7,10H,8-9H2,1-5H3,(H,21,22)(H2,18,19,24). The highest BCUT2D eigenvalue weighted by molar-refractivity contribution is 5.98. The van der Waals surface area contributed by atoms with Gasteiger partial charge in [-0.2, -0.15) is 0 Å². The quantitative estimate of drug-likeness (QED) is 0.698. The van der Waals surface area contributed by atoms with Crippen LogP contribution in [0.1, 0.15) is 37.0 Å². The highest BCUT2D eigenvalue weighted by Crippen LogP contribution is 2.26.